The second kappa shape index (κ2) is 14.5. The zero-order valence-electron chi connectivity index (χ0n) is 21.0. The van der Waals surface area contributed by atoms with Gasteiger partial charge in [-0.05, 0) is 63.2 Å². The minimum atomic E-state index is -0.696. The van der Waals surface area contributed by atoms with Crippen LogP contribution in [0, 0.1) is 29.6 Å². The summed E-state index contributed by atoms with van der Waals surface area (Å²) >= 11 is 0. The lowest BCUT2D eigenvalue weighted by molar-refractivity contribution is -0.141. The first kappa shape index (κ1) is 27.5. The van der Waals surface area contributed by atoms with Crippen molar-refractivity contribution in [3.8, 4) is 0 Å². The molecule has 0 spiro atoms. The largest absolute Gasteiger partial charge is 0.494 e. The normalized spacial score (nSPS) is 25.8. The Labute approximate surface area is 192 Å². The Morgan fingerprint density at radius 2 is 1.77 bits per heavy atom. The first-order chi connectivity index (χ1) is 14.6. The first-order valence-electron chi connectivity index (χ1n) is 12.6. The average molecular weight is 433 g/mol. The SMILES string of the molecule is C=C(CCCC(C)CCCC(C)=CCCC(C)C(=O)O)OC1C(CC)C=CC(C)C1C. The van der Waals surface area contributed by atoms with Gasteiger partial charge in [-0.3, -0.25) is 4.79 Å². The van der Waals surface area contributed by atoms with Crippen LogP contribution in [0.5, 0.6) is 0 Å². The van der Waals surface area contributed by atoms with Crippen LogP contribution in [0.15, 0.2) is 36.1 Å². The molecule has 0 amide bonds. The summed E-state index contributed by atoms with van der Waals surface area (Å²) in [5.74, 6) is 2.33. The van der Waals surface area contributed by atoms with Gasteiger partial charge in [0.1, 0.15) is 6.10 Å². The highest BCUT2D eigenvalue weighted by Gasteiger charge is 2.32. The number of aliphatic carboxylic acids is 1. The molecule has 6 atom stereocenters. The van der Waals surface area contributed by atoms with Crippen LogP contribution in [0.2, 0.25) is 0 Å². The van der Waals surface area contributed by atoms with E-state index >= 15 is 0 Å². The van der Waals surface area contributed by atoms with E-state index in [1.54, 1.807) is 6.92 Å². The maximum atomic E-state index is 10.9. The van der Waals surface area contributed by atoms with Gasteiger partial charge in [0.05, 0.1) is 11.7 Å². The molecule has 0 aromatic carbocycles. The van der Waals surface area contributed by atoms with Gasteiger partial charge in [0.15, 0.2) is 0 Å². The number of allylic oxidation sites excluding steroid dienone is 4. The van der Waals surface area contributed by atoms with Crippen LogP contribution in [0.4, 0.5) is 0 Å². The fourth-order valence-electron chi connectivity index (χ4n) is 4.43. The molecule has 0 saturated heterocycles. The Morgan fingerprint density at radius 3 is 2.39 bits per heavy atom. The quantitative estimate of drug-likeness (QED) is 0.210. The summed E-state index contributed by atoms with van der Waals surface area (Å²) in [7, 11) is 0. The minimum Gasteiger partial charge on any atom is -0.494 e. The summed E-state index contributed by atoms with van der Waals surface area (Å²) in [6, 6.07) is 0. The monoisotopic (exact) mass is 432 g/mol. The molecule has 1 rings (SSSR count). The Hall–Kier alpha value is -1.51. The van der Waals surface area contributed by atoms with E-state index in [0.717, 1.165) is 44.3 Å². The molecule has 6 unspecified atom stereocenters. The standard InChI is InChI=1S/C28H48O3/c1-8-26-19-18-22(4)25(7)27(26)31-24(6)17-11-15-21(3)13-9-12-20(2)14-10-16-23(5)28(29)30/h14,18-19,21-23,25-27H,6,8-13,15-17H2,1-5,7H3,(H,29,30). The predicted molar refractivity (Wildman–Crippen MR) is 132 cm³/mol. The van der Waals surface area contributed by atoms with Crippen LogP contribution in [-0.2, 0) is 9.53 Å². The first-order valence-corrected chi connectivity index (χ1v) is 12.6. The molecule has 1 aliphatic rings. The summed E-state index contributed by atoms with van der Waals surface area (Å²) in [6.45, 7) is 17.3. The number of carboxylic acid groups (broad SMARTS) is 1. The van der Waals surface area contributed by atoms with Crippen molar-refractivity contribution >= 4 is 5.97 Å². The number of hydrogen-bond acceptors (Lipinski definition) is 2. The summed E-state index contributed by atoms with van der Waals surface area (Å²) in [5, 5.41) is 8.95. The third kappa shape index (κ3) is 10.6. The molecule has 3 heteroatoms. The molecule has 0 bridgehead atoms. The van der Waals surface area contributed by atoms with Crippen molar-refractivity contribution in [3.05, 3.63) is 36.1 Å². The van der Waals surface area contributed by atoms with Gasteiger partial charge in [-0.25, -0.2) is 0 Å². The van der Waals surface area contributed by atoms with E-state index in [1.807, 2.05) is 0 Å². The van der Waals surface area contributed by atoms with Crippen molar-refractivity contribution < 1.29 is 14.6 Å². The van der Waals surface area contributed by atoms with E-state index in [2.05, 4.69) is 59.4 Å². The van der Waals surface area contributed by atoms with Gasteiger partial charge in [-0.15, -0.1) is 0 Å². The van der Waals surface area contributed by atoms with Gasteiger partial charge < -0.3 is 9.84 Å². The molecule has 0 heterocycles. The van der Waals surface area contributed by atoms with Crippen LogP contribution in [0.25, 0.3) is 0 Å². The van der Waals surface area contributed by atoms with Crippen molar-refractivity contribution in [1.29, 1.82) is 0 Å². The number of ether oxygens (including phenoxy) is 1. The second-order valence-corrected chi connectivity index (χ2v) is 10.1. The van der Waals surface area contributed by atoms with Crippen molar-refractivity contribution in [2.24, 2.45) is 29.6 Å². The second-order valence-electron chi connectivity index (χ2n) is 10.1. The van der Waals surface area contributed by atoms with Crippen molar-refractivity contribution in [2.75, 3.05) is 0 Å². The maximum absolute atomic E-state index is 10.9. The minimum absolute atomic E-state index is 0.253. The Morgan fingerprint density at radius 1 is 1.13 bits per heavy atom. The number of carboxylic acids is 1. The lowest BCUT2D eigenvalue weighted by atomic mass is 9.77. The van der Waals surface area contributed by atoms with Crippen LogP contribution in [-0.4, -0.2) is 17.2 Å². The fraction of sp³-hybridized carbons (Fsp3) is 0.750. The molecule has 0 aromatic rings. The van der Waals surface area contributed by atoms with Gasteiger partial charge in [0, 0.05) is 12.3 Å². The van der Waals surface area contributed by atoms with Crippen molar-refractivity contribution in [1.82, 2.24) is 0 Å². The zero-order valence-corrected chi connectivity index (χ0v) is 21.0. The number of carbonyl (C=O) groups is 1. The average Bonchev–Trinajstić information content (AvgIpc) is 2.71. The van der Waals surface area contributed by atoms with E-state index in [9.17, 15) is 4.79 Å². The number of hydrogen-bond donors (Lipinski definition) is 1. The van der Waals surface area contributed by atoms with E-state index in [-0.39, 0.29) is 12.0 Å². The van der Waals surface area contributed by atoms with Gasteiger partial charge >= 0.3 is 5.97 Å². The van der Waals surface area contributed by atoms with Crippen LogP contribution in [0.1, 0.15) is 99.3 Å². The van der Waals surface area contributed by atoms with E-state index < -0.39 is 5.97 Å². The van der Waals surface area contributed by atoms with Gasteiger partial charge in [0.25, 0.3) is 0 Å². The van der Waals surface area contributed by atoms with Crippen LogP contribution < -0.4 is 0 Å². The molecule has 178 valence electrons. The third-order valence-electron chi connectivity index (χ3n) is 7.14. The third-order valence-corrected chi connectivity index (χ3v) is 7.14. The van der Waals surface area contributed by atoms with Gasteiger partial charge in [-0.2, -0.15) is 0 Å². The molecule has 0 aromatic heterocycles. The summed E-state index contributed by atoms with van der Waals surface area (Å²) in [4.78, 5) is 10.9. The summed E-state index contributed by atoms with van der Waals surface area (Å²) in [5.41, 5.74) is 1.39. The Bertz CT molecular complexity index is 603. The highest BCUT2D eigenvalue weighted by atomic mass is 16.5. The van der Waals surface area contributed by atoms with Gasteiger partial charge in [-0.1, -0.05) is 77.8 Å². The predicted octanol–water partition coefficient (Wildman–Crippen LogP) is 8.18. The molecule has 0 radical (unpaired) electrons. The zero-order chi connectivity index (χ0) is 23.4. The van der Waals surface area contributed by atoms with Crippen molar-refractivity contribution in [2.45, 2.75) is 105 Å². The molecule has 0 fully saturated rings. The maximum Gasteiger partial charge on any atom is 0.306 e. The molecule has 1 aliphatic carbocycles. The number of rotatable bonds is 15. The molecule has 0 aliphatic heterocycles. The summed E-state index contributed by atoms with van der Waals surface area (Å²) in [6.07, 6.45) is 16.8. The molecule has 1 N–H and O–H groups in total. The van der Waals surface area contributed by atoms with Crippen molar-refractivity contribution in [3.63, 3.8) is 0 Å². The van der Waals surface area contributed by atoms with Crippen LogP contribution >= 0.6 is 0 Å². The lowest BCUT2D eigenvalue weighted by Crippen LogP contribution is -2.35. The Balaban J connectivity index is 2.22. The van der Waals surface area contributed by atoms with Gasteiger partial charge in [0.2, 0.25) is 0 Å². The smallest absolute Gasteiger partial charge is 0.306 e. The fourth-order valence-corrected chi connectivity index (χ4v) is 4.43. The van der Waals surface area contributed by atoms with E-state index in [0.29, 0.717) is 23.7 Å². The molecule has 0 saturated carbocycles. The topological polar surface area (TPSA) is 46.5 Å². The highest BCUT2D eigenvalue weighted by Crippen LogP contribution is 2.34. The van der Waals surface area contributed by atoms with Crippen LogP contribution in [0.3, 0.4) is 0 Å². The van der Waals surface area contributed by atoms with E-state index in [4.69, 9.17) is 9.84 Å². The molecular weight excluding hydrogens is 384 g/mol. The molecule has 31 heavy (non-hydrogen) atoms. The van der Waals surface area contributed by atoms with E-state index in [1.165, 1.54) is 24.8 Å². The lowest BCUT2D eigenvalue weighted by Gasteiger charge is -2.37. The molecule has 3 nitrogen and oxygen atoms in total. The summed E-state index contributed by atoms with van der Waals surface area (Å²) < 4.78 is 6.35. The molecular formula is C28H48O3. The highest BCUT2D eigenvalue weighted by molar-refractivity contribution is 5.69. The Kier molecular flexibility index (Phi) is 12.9.